The molecule has 0 unspecified atom stereocenters. The van der Waals surface area contributed by atoms with Gasteiger partial charge in [0.2, 0.25) is 0 Å². The first-order chi connectivity index (χ1) is 8.97. The fraction of sp³-hybridized carbons (Fsp3) is 0.0714. The predicted octanol–water partition coefficient (Wildman–Crippen LogP) is 5.27. The van der Waals surface area contributed by atoms with Crippen LogP contribution in [0.1, 0.15) is 15.9 Å². The molecule has 2 aromatic carbocycles. The van der Waals surface area contributed by atoms with Gasteiger partial charge in [0, 0.05) is 25.0 Å². The van der Waals surface area contributed by atoms with E-state index in [1.165, 1.54) is 12.1 Å². The van der Waals surface area contributed by atoms with Crippen LogP contribution in [0, 0.1) is 9.39 Å². The lowest BCUT2D eigenvalue weighted by Gasteiger charge is -2.06. The quantitative estimate of drug-likeness (QED) is 0.457. The molecule has 0 N–H and O–H groups in total. The Bertz CT molecular complexity index is 645. The Morgan fingerprint density at radius 3 is 2.68 bits per heavy atom. The third kappa shape index (κ3) is 3.77. The molecule has 0 fully saturated rings. The van der Waals surface area contributed by atoms with Crippen molar-refractivity contribution >= 4 is 55.9 Å². The molecule has 19 heavy (non-hydrogen) atoms. The third-order valence-corrected chi connectivity index (χ3v) is 4.38. The van der Waals surface area contributed by atoms with Crippen LogP contribution in [0.4, 0.5) is 4.39 Å². The van der Waals surface area contributed by atoms with Gasteiger partial charge in [0.05, 0.1) is 0 Å². The van der Waals surface area contributed by atoms with Crippen LogP contribution in [-0.2, 0) is 6.42 Å². The molecule has 0 bridgehead atoms. The molecule has 0 aliphatic carbocycles. The fourth-order valence-corrected chi connectivity index (χ4v) is 2.88. The van der Waals surface area contributed by atoms with Gasteiger partial charge in [0.1, 0.15) is 5.82 Å². The summed E-state index contributed by atoms with van der Waals surface area (Å²) in [6.45, 7) is 0. The molecule has 2 aromatic rings. The number of ketones is 1. The summed E-state index contributed by atoms with van der Waals surface area (Å²) in [6.07, 6.45) is 0.158. The van der Waals surface area contributed by atoms with E-state index in [9.17, 15) is 9.18 Å². The van der Waals surface area contributed by atoms with Gasteiger partial charge in [-0.3, -0.25) is 4.79 Å². The summed E-state index contributed by atoms with van der Waals surface area (Å²) >= 11 is 11.4. The molecule has 0 spiro atoms. The van der Waals surface area contributed by atoms with E-state index in [1.807, 2.05) is 12.1 Å². The monoisotopic (exact) mass is 452 g/mol. The Morgan fingerprint density at radius 1 is 1.26 bits per heavy atom. The van der Waals surface area contributed by atoms with Crippen LogP contribution in [0.25, 0.3) is 0 Å². The lowest BCUT2D eigenvalue weighted by Crippen LogP contribution is -2.06. The molecule has 1 nitrogen and oxygen atoms in total. The van der Waals surface area contributed by atoms with Crippen molar-refractivity contribution in [1.82, 2.24) is 0 Å². The normalized spacial score (nSPS) is 10.5. The van der Waals surface area contributed by atoms with E-state index in [1.54, 1.807) is 12.1 Å². The summed E-state index contributed by atoms with van der Waals surface area (Å²) in [4.78, 5) is 12.2. The zero-order valence-corrected chi connectivity index (χ0v) is 14.1. The minimum absolute atomic E-state index is 0.0424. The van der Waals surface area contributed by atoms with Gasteiger partial charge in [0.15, 0.2) is 5.78 Å². The molecular weight excluding hydrogens is 445 g/mol. The topological polar surface area (TPSA) is 17.1 Å². The lowest BCUT2D eigenvalue weighted by atomic mass is 10.0. The van der Waals surface area contributed by atoms with Gasteiger partial charge in [-0.15, -0.1) is 0 Å². The summed E-state index contributed by atoms with van der Waals surface area (Å²) in [5.41, 5.74) is 1.26. The fourth-order valence-electron chi connectivity index (χ4n) is 1.64. The Morgan fingerprint density at radius 2 is 2.00 bits per heavy atom. The number of hydrogen-bond acceptors (Lipinski definition) is 1. The van der Waals surface area contributed by atoms with Crippen LogP contribution in [0.2, 0.25) is 5.02 Å². The smallest absolute Gasteiger partial charge is 0.168 e. The summed E-state index contributed by atoms with van der Waals surface area (Å²) < 4.78 is 14.7. The number of Topliss-reactive ketones (excluding diaryl/α,β-unsaturated/α-hetero) is 1. The van der Waals surface area contributed by atoms with Gasteiger partial charge in [-0.2, -0.15) is 0 Å². The largest absolute Gasteiger partial charge is 0.294 e. The summed E-state index contributed by atoms with van der Waals surface area (Å²) in [5.74, 6) is -0.447. The molecule has 0 amide bonds. The number of carbonyl (C=O) groups is 1. The molecule has 5 heteroatoms. The SMILES string of the molecule is O=C(Cc1ccc(F)cc1Cl)c1cc(Br)ccc1I. The maximum Gasteiger partial charge on any atom is 0.168 e. The van der Waals surface area contributed by atoms with Crippen molar-refractivity contribution in [2.24, 2.45) is 0 Å². The highest BCUT2D eigenvalue weighted by molar-refractivity contribution is 14.1. The second-order valence-electron chi connectivity index (χ2n) is 3.96. The number of hydrogen-bond donors (Lipinski definition) is 0. The molecule has 0 radical (unpaired) electrons. The summed E-state index contributed by atoms with van der Waals surface area (Å²) in [7, 11) is 0. The van der Waals surface area contributed by atoms with Gasteiger partial charge in [0.25, 0.3) is 0 Å². The molecular formula is C14H8BrClFIO. The van der Waals surface area contributed by atoms with Crippen LogP contribution in [0.3, 0.4) is 0 Å². The van der Waals surface area contributed by atoms with E-state index >= 15 is 0 Å². The maximum atomic E-state index is 12.9. The zero-order chi connectivity index (χ0) is 14.0. The number of rotatable bonds is 3. The first-order valence-electron chi connectivity index (χ1n) is 5.39. The average molecular weight is 453 g/mol. The van der Waals surface area contributed by atoms with E-state index < -0.39 is 5.82 Å². The van der Waals surface area contributed by atoms with Gasteiger partial charge in [-0.1, -0.05) is 33.6 Å². The van der Waals surface area contributed by atoms with Crippen molar-refractivity contribution in [2.45, 2.75) is 6.42 Å². The molecule has 0 aliphatic heterocycles. The standard InChI is InChI=1S/C14H8BrClFIO/c15-9-2-4-13(18)11(6-9)14(19)5-8-1-3-10(17)7-12(8)16/h1-4,6-7H,5H2. The molecule has 0 saturated carbocycles. The molecule has 0 aliphatic rings. The van der Waals surface area contributed by atoms with Crippen LogP contribution in [-0.4, -0.2) is 5.78 Å². The number of carbonyl (C=O) groups excluding carboxylic acids is 1. The lowest BCUT2D eigenvalue weighted by molar-refractivity contribution is 0.0992. The highest BCUT2D eigenvalue weighted by Crippen LogP contribution is 2.23. The second-order valence-corrected chi connectivity index (χ2v) is 6.44. The van der Waals surface area contributed by atoms with Gasteiger partial charge < -0.3 is 0 Å². The van der Waals surface area contributed by atoms with E-state index in [-0.39, 0.29) is 17.2 Å². The van der Waals surface area contributed by atoms with Crippen LogP contribution in [0.5, 0.6) is 0 Å². The molecule has 0 heterocycles. The van der Waals surface area contributed by atoms with Crippen molar-refractivity contribution in [2.75, 3.05) is 0 Å². The molecule has 98 valence electrons. The molecule has 0 saturated heterocycles. The number of benzene rings is 2. The van der Waals surface area contributed by atoms with E-state index in [0.717, 1.165) is 8.04 Å². The Balaban J connectivity index is 2.28. The Hall–Kier alpha value is -0.460. The summed E-state index contributed by atoms with van der Waals surface area (Å²) in [6, 6.07) is 9.59. The molecule has 2 rings (SSSR count). The van der Waals surface area contributed by atoms with Gasteiger partial charge >= 0.3 is 0 Å². The second kappa shape index (κ2) is 6.33. The zero-order valence-electron chi connectivity index (χ0n) is 9.59. The van der Waals surface area contributed by atoms with Crippen LogP contribution < -0.4 is 0 Å². The minimum Gasteiger partial charge on any atom is -0.294 e. The average Bonchev–Trinajstić information content (AvgIpc) is 2.35. The maximum absolute atomic E-state index is 12.9. The van der Waals surface area contributed by atoms with Crippen molar-refractivity contribution in [1.29, 1.82) is 0 Å². The van der Waals surface area contributed by atoms with Gasteiger partial charge in [-0.25, -0.2) is 4.39 Å². The summed E-state index contributed by atoms with van der Waals surface area (Å²) in [5, 5.41) is 0.276. The van der Waals surface area contributed by atoms with Crippen molar-refractivity contribution in [3.8, 4) is 0 Å². The molecule has 0 aromatic heterocycles. The van der Waals surface area contributed by atoms with Crippen LogP contribution >= 0.6 is 50.1 Å². The highest BCUT2D eigenvalue weighted by Gasteiger charge is 2.13. The first-order valence-corrected chi connectivity index (χ1v) is 7.64. The number of halogens is 4. The van der Waals surface area contributed by atoms with Crippen molar-refractivity contribution < 1.29 is 9.18 Å². The van der Waals surface area contributed by atoms with Crippen molar-refractivity contribution in [3.05, 3.63) is 66.4 Å². The van der Waals surface area contributed by atoms with Crippen molar-refractivity contribution in [3.63, 3.8) is 0 Å². The minimum atomic E-state index is -0.404. The van der Waals surface area contributed by atoms with Crippen LogP contribution in [0.15, 0.2) is 40.9 Å². The van der Waals surface area contributed by atoms with E-state index in [4.69, 9.17) is 11.6 Å². The third-order valence-electron chi connectivity index (χ3n) is 2.59. The van der Waals surface area contributed by atoms with Gasteiger partial charge in [-0.05, 0) is 58.5 Å². The predicted molar refractivity (Wildman–Crippen MR) is 86.3 cm³/mol. The Labute approximate surface area is 137 Å². The molecule has 0 atom stereocenters. The Kier molecular flexibility index (Phi) is 4.97. The first kappa shape index (κ1) is 14.9. The highest BCUT2D eigenvalue weighted by atomic mass is 127. The van der Waals surface area contributed by atoms with E-state index in [2.05, 4.69) is 38.5 Å². The van der Waals surface area contributed by atoms with E-state index in [0.29, 0.717) is 11.1 Å².